The molecule has 1 saturated heterocycles. The van der Waals surface area contributed by atoms with E-state index in [1.165, 1.54) is 19.3 Å². The summed E-state index contributed by atoms with van der Waals surface area (Å²) >= 11 is 2.24. The topological polar surface area (TPSA) is 54.7 Å². The van der Waals surface area contributed by atoms with Crippen LogP contribution in [0.2, 0.25) is 0 Å². The second-order valence-electron chi connectivity index (χ2n) is 6.17. The minimum absolute atomic E-state index is 0.0193. The van der Waals surface area contributed by atoms with Gasteiger partial charge in [-0.25, -0.2) is 0 Å². The van der Waals surface area contributed by atoms with Crippen LogP contribution in [0.25, 0.3) is 0 Å². The Morgan fingerprint density at radius 1 is 1.20 bits per heavy atom. The molecule has 1 aromatic heterocycles. The van der Waals surface area contributed by atoms with Crippen molar-refractivity contribution in [3.8, 4) is 5.75 Å². The molecule has 0 bridgehead atoms. The predicted octanol–water partition coefficient (Wildman–Crippen LogP) is 3.61. The number of rotatable bonds is 7. The van der Waals surface area contributed by atoms with E-state index in [2.05, 4.69) is 32.8 Å². The van der Waals surface area contributed by atoms with Crippen LogP contribution in [0.15, 0.2) is 47.1 Å². The number of nitrogens with zero attached hydrogens (tertiary/aromatic N) is 1. The summed E-state index contributed by atoms with van der Waals surface area (Å²) < 4.78 is 12.3. The normalized spacial score (nSPS) is 16.4. The van der Waals surface area contributed by atoms with Crippen molar-refractivity contribution >= 4 is 28.5 Å². The lowest BCUT2D eigenvalue weighted by molar-refractivity contribution is -0.123. The van der Waals surface area contributed by atoms with Crippen LogP contribution in [0.5, 0.6) is 5.75 Å². The highest BCUT2D eigenvalue weighted by atomic mass is 127. The summed E-state index contributed by atoms with van der Waals surface area (Å²) in [5, 5.41) is 2.98. The van der Waals surface area contributed by atoms with Gasteiger partial charge in [-0.1, -0.05) is 6.42 Å². The van der Waals surface area contributed by atoms with Crippen LogP contribution < -0.4 is 10.1 Å². The third kappa shape index (κ3) is 5.47. The van der Waals surface area contributed by atoms with Gasteiger partial charge in [0.1, 0.15) is 11.5 Å². The second kappa shape index (κ2) is 9.24. The van der Waals surface area contributed by atoms with E-state index in [9.17, 15) is 4.79 Å². The van der Waals surface area contributed by atoms with Crippen molar-refractivity contribution in [1.29, 1.82) is 0 Å². The molecule has 2 heterocycles. The van der Waals surface area contributed by atoms with Gasteiger partial charge in [0.15, 0.2) is 6.61 Å². The molecule has 1 amide bonds. The number of nitrogens with one attached hydrogen (secondary N) is 1. The summed E-state index contributed by atoms with van der Waals surface area (Å²) in [6, 6.07) is 11.6. The van der Waals surface area contributed by atoms with E-state index in [-0.39, 0.29) is 18.6 Å². The third-order valence-corrected chi connectivity index (χ3v) is 5.10. The second-order valence-corrected chi connectivity index (χ2v) is 7.42. The highest BCUT2D eigenvalue weighted by Crippen LogP contribution is 2.24. The first-order chi connectivity index (χ1) is 12.2. The van der Waals surface area contributed by atoms with Gasteiger partial charge in [-0.15, -0.1) is 0 Å². The average Bonchev–Trinajstić information content (AvgIpc) is 3.17. The van der Waals surface area contributed by atoms with Crippen LogP contribution in [0.1, 0.15) is 31.1 Å². The van der Waals surface area contributed by atoms with E-state index in [0.717, 1.165) is 22.4 Å². The molecule has 25 heavy (non-hydrogen) atoms. The Bertz CT molecular complexity index is 652. The highest BCUT2D eigenvalue weighted by Gasteiger charge is 2.24. The Balaban J connectivity index is 1.51. The summed E-state index contributed by atoms with van der Waals surface area (Å²) in [6.45, 7) is 2.63. The first-order valence-corrected chi connectivity index (χ1v) is 9.73. The molecule has 1 aliphatic heterocycles. The van der Waals surface area contributed by atoms with Crippen LogP contribution in [-0.4, -0.2) is 37.0 Å². The molecule has 6 heteroatoms. The van der Waals surface area contributed by atoms with Crippen molar-refractivity contribution in [1.82, 2.24) is 10.2 Å². The summed E-state index contributed by atoms with van der Waals surface area (Å²) in [4.78, 5) is 14.5. The fraction of sp³-hybridized carbons (Fsp3) is 0.421. The van der Waals surface area contributed by atoms with Gasteiger partial charge in [0.25, 0.3) is 5.91 Å². The number of likely N-dealkylation sites (tertiary alicyclic amines) is 1. The quantitative estimate of drug-likeness (QED) is 0.650. The fourth-order valence-electron chi connectivity index (χ4n) is 3.06. The van der Waals surface area contributed by atoms with Gasteiger partial charge in [0.05, 0.1) is 12.3 Å². The summed E-state index contributed by atoms with van der Waals surface area (Å²) in [5.41, 5.74) is 0. The Hall–Kier alpha value is -1.54. The molecule has 0 spiro atoms. The molecule has 2 aromatic rings. The number of piperidine rings is 1. The molecule has 1 unspecified atom stereocenters. The first-order valence-electron chi connectivity index (χ1n) is 8.65. The number of hydrogen-bond acceptors (Lipinski definition) is 4. The molecular weight excluding hydrogens is 431 g/mol. The molecular formula is C19H23IN2O3. The zero-order valence-corrected chi connectivity index (χ0v) is 16.3. The molecule has 0 aliphatic carbocycles. The first kappa shape index (κ1) is 18.3. The lowest BCUT2D eigenvalue weighted by Gasteiger charge is -2.33. The van der Waals surface area contributed by atoms with Crippen molar-refractivity contribution in [2.75, 3.05) is 26.2 Å². The van der Waals surface area contributed by atoms with Crippen molar-refractivity contribution in [2.24, 2.45) is 0 Å². The molecule has 1 atom stereocenters. The van der Waals surface area contributed by atoms with E-state index in [0.29, 0.717) is 12.3 Å². The summed E-state index contributed by atoms with van der Waals surface area (Å²) in [6.07, 6.45) is 5.35. The fourth-order valence-corrected chi connectivity index (χ4v) is 3.42. The molecule has 1 N–H and O–H groups in total. The number of hydrogen-bond donors (Lipinski definition) is 1. The van der Waals surface area contributed by atoms with E-state index >= 15 is 0 Å². The van der Waals surface area contributed by atoms with Crippen LogP contribution in [-0.2, 0) is 4.79 Å². The van der Waals surface area contributed by atoms with E-state index in [1.54, 1.807) is 6.26 Å². The number of furan rings is 1. The Morgan fingerprint density at radius 2 is 1.96 bits per heavy atom. The number of carbonyl (C=O) groups excluding carboxylic acids is 1. The monoisotopic (exact) mass is 454 g/mol. The zero-order chi connectivity index (χ0) is 17.5. The lowest BCUT2D eigenvalue weighted by atomic mass is 10.1. The molecule has 1 aliphatic rings. The highest BCUT2D eigenvalue weighted by molar-refractivity contribution is 14.1. The lowest BCUT2D eigenvalue weighted by Crippen LogP contribution is -2.41. The summed E-state index contributed by atoms with van der Waals surface area (Å²) in [5.74, 6) is 1.49. The minimum Gasteiger partial charge on any atom is -0.484 e. The van der Waals surface area contributed by atoms with Crippen molar-refractivity contribution in [3.63, 3.8) is 0 Å². The molecule has 0 saturated carbocycles. The van der Waals surface area contributed by atoms with Gasteiger partial charge in [-0.2, -0.15) is 0 Å². The van der Waals surface area contributed by atoms with Crippen LogP contribution in [0, 0.1) is 3.57 Å². The number of halogens is 1. The molecule has 0 radical (unpaired) electrons. The van der Waals surface area contributed by atoms with Crippen LogP contribution >= 0.6 is 22.6 Å². The molecule has 3 rings (SSSR count). The zero-order valence-electron chi connectivity index (χ0n) is 14.1. The van der Waals surface area contributed by atoms with Gasteiger partial charge >= 0.3 is 0 Å². The number of ether oxygens (including phenoxy) is 1. The van der Waals surface area contributed by atoms with Gasteiger partial charge in [-0.05, 0) is 84.9 Å². The van der Waals surface area contributed by atoms with E-state index in [4.69, 9.17) is 9.15 Å². The van der Waals surface area contributed by atoms with E-state index in [1.807, 2.05) is 36.4 Å². The minimum atomic E-state index is -0.118. The number of benzene rings is 1. The maximum atomic E-state index is 12.2. The third-order valence-electron chi connectivity index (χ3n) is 4.38. The Labute approximate surface area is 161 Å². The largest absolute Gasteiger partial charge is 0.484 e. The van der Waals surface area contributed by atoms with Crippen LogP contribution in [0.3, 0.4) is 0 Å². The maximum absolute atomic E-state index is 12.2. The van der Waals surface area contributed by atoms with Crippen molar-refractivity contribution in [3.05, 3.63) is 52.0 Å². The van der Waals surface area contributed by atoms with Gasteiger partial charge in [-0.3, -0.25) is 9.69 Å². The van der Waals surface area contributed by atoms with Gasteiger partial charge in [0.2, 0.25) is 0 Å². The Kier molecular flexibility index (Phi) is 6.75. The molecule has 134 valence electrons. The smallest absolute Gasteiger partial charge is 0.258 e. The van der Waals surface area contributed by atoms with Gasteiger partial charge in [0, 0.05) is 10.1 Å². The van der Waals surface area contributed by atoms with Crippen molar-refractivity contribution in [2.45, 2.75) is 25.3 Å². The average molecular weight is 454 g/mol. The number of amides is 1. The van der Waals surface area contributed by atoms with E-state index < -0.39 is 0 Å². The van der Waals surface area contributed by atoms with Gasteiger partial charge < -0.3 is 14.5 Å². The SMILES string of the molecule is O=C(COc1ccc(I)cc1)NCC(c1ccco1)N1CCCCC1. The number of carbonyl (C=O) groups is 1. The molecule has 5 nitrogen and oxygen atoms in total. The molecule has 1 fully saturated rings. The maximum Gasteiger partial charge on any atom is 0.258 e. The predicted molar refractivity (Wildman–Crippen MR) is 105 cm³/mol. The standard InChI is InChI=1S/C19H23IN2O3/c20-15-6-8-16(9-7-15)25-14-19(23)21-13-17(18-5-4-12-24-18)22-10-2-1-3-11-22/h4-9,12,17H,1-3,10-11,13-14H2,(H,21,23). The molecule has 1 aromatic carbocycles. The summed E-state index contributed by atoms with van der Waals surface area (Å²) in [7, 11) is 0. The van der Waals surface area contributed by atoms with Crippen LogP contribution in [0.4, 0.5) is 0 Å². The Morgan fingerprint density at radius 3 is 2.64 bits per heavy atom. The van der Waals surface area contributed by atoms with Crippen molar-refractivity contribution < 1.29 is 13.9 Å².